The van der Waals surface area contributed by atoms with Crippen LogP contribution in [0.3, 0.4) is 0 Å². The molecule has 26 heavy (non-hydrogen) atoms. The van der Waals surface area contributed by atoms with E-state index in [0.29, 0.717) is 5.92 Å². The number of carbonyl (C=O) groups excluding carboxylic acids is 1. The zero-order chi connectivity index (χ0) is 18.1. The molecule has 4 heterocycles. The standard InChI is InChI=1S/C18H21N5OS2/c1-22(2)18(24)16-14(15-17(26-16)20-6-5-19-15)12-3-7-23(8-4-12)9-13-10-25-11-21-13/h5-6,10-12H,3-4,7-9H2,1-2H3. The first-order chi connectivity index (χ1) is 12.6. The van der Waals surface area contributed by atoms with E-state index in [1.54, 1.807) is 42.7 Å². The minimum absolute atomic E-state index is 0.0507. The summed E-state index contributed by atoms with van der Waals surface area (Å²) in [6.07, 6.45) is 5.48. The van der Waals surface area contributed by atoms with Gasteiger partial charge in [0.2, 0.25) is 0 Å². The quantitative estimate of drug-likeness (QED) is 0.688. The van der Waals surface area contributed by atoms with Crippen molar-refractivity contribution in [2.45, 2.75) is 25.3 Å². The third-order valence-electron chi connectivity index (χ3n) is 4.83. The van der Waals surface area contributed by atoms with Gasteiger partial charge in [0, 0.05) is 44.0 Å². The number of amides is 1. The summed E-state index contributed by atoms with van der Waals surface area (Å²) in [7, 11) is 3.60. The first-order valence-corrected chi connectivity index (χ1v) is 10.4. The van der Waals surface area contributed by atoms with Gasteiger partial charge in [-0.1, -0.05) is 0 Å². The number of fused-ring (bicyclic) bond motifs is 1. The fourth-order valence-corrected chi connectivity index (χ4v) is 5.27. The zero-order valence-electron chi connectivity index (χ0n) is 14.9. The Kier molecular flexibility index (Phi) is 4.97. The molecule has 0 aromatic carbocycles. The van der Waals surface area contributed by atoms with Crippen molar-refractivity contribution >= 4 is 38.9 Å². The van der Waals surface area contributed by atoms with Gasteiger partial charge in [-0.25, -0.2) is 9.97 Å². The number of piperidine rings is 1. The van der Waals surface area contributed by atoms with Crippen molar-refractivity contribution in [1.29, 1.82) is 0 Å². The Morgan fingerprint density at radius 2 is 2.00 bits per heavy atom. The maximum absolute atomic E-state index is 12.7. The minimum Gasteiger partial charge on any atom is -0.344 e. The van der Waals surface area contributed by atoms with E-state index in [-0.39, 0.29) is 5.91 Å². The van der Waals surface area contributed by atoms with E-state index < -0.39 is 0 Å². The summed E-state index contributed by atoms with van der Waals surface area (Å²) in [6.45, 7) is 2.93. The Bertz CT molecular complexity index is 898. The average Bonchev–Trinajstić information content (AvgIpc) is 3.29. The van der Waals surface area contributed by atoms with Gasteiger partial charge in [-0.2, -0.15) is 0 Å². The molecule has 0 saturated carbocycles. The van der Waals surface area contributed by atoms with Crippen LogP contribution < -0.4 is 0 Å². The summed E-state index contributed by atoms with van der Waals surface area (Å²) in [6, 6.07) is 0. The van der Waals surface area contributed by atoms with Gasteiger partial charge in [-0.3, -0.25) is 14.7 Å². The monoisotopic (exact) mass is 387 g/mol. The third-order valence-corrected chi connectivity index (χ3v) is 6.55. The normalized spacial score (nSPS) is 16.2. The number of hydrogen-bond acceptors (Lipinski definition) is 7. The zero-order valence-corrected chi connectivity index (χ0v) is 16.5. The van der Waals surface area contributed by atoms with E-state index in [9.17, 15) is 4.79 Å². The lowest BCUT2D eigenvalue weighted by Gasteiger charge is -2.31. The molecule has 1 amide bonds. The number of rotatable bonds is 4. The number of thiophene rings is 1. The molecule has 0 bridgehead atoms. The Balaban J connectivity index is 1.58. The molecule has 0 unspecified atom stereocenters. The SMILES string of the molecule is CN(C)C(=O)c1sc2nccnc2c1C1CCN(Cc2cscn2)CC1. The highest BCUT2D eigenvalue weighted by Gasteiger charge is 2.30. The average molecular weight is 388 g/mol. The molecule has 0 atom stereocenters. The highest BCUT2D eigenvalue weighted by Crippen LogP contribution is 2.39. The smallest absolute Gasteiger partial charge is 0.263 e. The second-order valence-electron chi connectivity index (χ2n) is 6.78. The molecule has 1 aliphatic rings. The second kappa shape index (κ2) is 7.38. The summed E-state index contributed by atoms with van der Waals surface area (Å²) in [5, 5.41) is 2.11. The molecule has 6 nitrogen and oxygen atoms in total. The lowest BCUT2D eigenvalue weighted by atomic mass is 9.88. The van der Waals surface area contributed by atoms with E-state index in [1.165, 1.54) is 11.3 Å². The maximum atomic E-state index is 12.7. The van der Waals surface area contributed by atoms with Crippen molar-refractivity contribution in [3.63, 3.8) is 0 Å². The number of thiazole rings is 1. The molecule has 3 aromatic heterocycles. The predicted octanol–water partition coefficient (Wildman–Crippen LogP) is 3.23. The lowest BCUT2D eigenvalue weighted by molar-refractivity contribution is 0.0830. The van der Waals surface area contributed by atoms with Crippen LogP contribution in [0, 0.1) is 0 Å². The minimum atomic E-state index is 0.0507. The van der Waals surface area contributed by atoms with Crippen molar-refractivity contribution in [2.24, 2.45) is 0 Å². The van der Waals surface area contributed by atoms with Crippen molar-refractivity contribution < 1.29 is 4.79 Å². The molecule has 0 aliphatic carbocycles. The largest absolute Gasteiger partial charge is 0.344 e. The van der Waals surface area contributed by atoms with Crippen LogP contribution >= 0.6 is 22.7 Å². The Hall–Kier alpha value is -1.90. The van der Waals surface area contributed by atoms with Crippen LogP contribution in [0.4, 0.5) is 0 Å². The van der Waals surface area contributed by atoms with Crippen LogP contribution in [0.5, 0.6) is 0 Å². The number of aromatic nitrogens is 3. The summed E-state index contributed by atoms with van der Waals surface area (Å²) >= 11 is 3.11. The summed E-state index contributed by atoms with van der Waals surface area (Å²) < 4.78 is 0. The summed E-state index contributed by atoms with van der Waals surface area (Å²) in [5.74, 6) is 0.403. The number of carbonyl (C=O) groups is 1. The van der Waals surface area contributed by atoms with Crippen molar-refractivity contribution in [2.75, 3.05) is 27.2 Å². The molecular weight excluding hydrogens is 366 g/mol. The van der Waals surface area contributed by atoms with Crippen LogP contribution in [0.15, 0.2) is 23.3 Å². The highest BCUT2D eigenvalue weighted by molar-refractivity contribution is 7.20. The summed E-state index contributed by atoms with van der Waals surface area (Å²) in [5.41, 5.74) is 5.03. The molecule has 1 aliphatic heterocycles. The van der Waals surface area contributed by atoms with Crippen molar-refractivity contribution in [3.05, 3.63) is 39.4 Å². The molecule has 1 saturated heterocycles. The van der Waals surface area contributed by atoms with E-state index in [2.05, 4.69) is 25.2 Å². The first kappa shape index (κ1) is 17.5. The molecule has 0 spiro atoms. The van der Waals surface area contributed by atoms with Gasteiger partial charge in [0.05, 0.1) is 16.1 Å². The van der Waals surface area contributed by atoms with Crippen LogP contribution in [-0.2, 0) is 6.54 Å². The molecule has 3 aromatic rings. The van der Waals surface area contributed by atoms with Gasteiger partial charge in [0.1, 0.15) is 10.3 Å². The van der Waals surface area contributed by atoms with E-state index >= 15 is 0 Å². The highest BCUT2D eigenvalue weighted by atomic mass is 32.1. The van der Waals surface area contributed by atoms with Crippen LogP contribution in [0.1, 0.15) is 39.7 Å². The topological polar surface area (TPSA) is 62.2 Å². The predicted molar refractivity (Wildman–Crippen MR) is 105 cm³/mol. The van der Waals surface area contributed by atoms with Gasteiger partial charge in [0.25, 0.3) is 5.91 Å². The Morgan fingerprint density at radius 3 is 2.69 bits per heavy atom. The fourth-order valence-electron chi connectivity index (χ4n) is 3.51. The summed E-state index contributed by atoms with van der Waals surface area (Å²) in [4.78, 5) is 31.8. The number of hydrogen-bond donors (Lipinski definition) is 0. The van der Waals surface area contributed by atoms with E-state index in [4.69, 9.17) is 0 Å². The molecule has 4 rings (SSSR count). The molecule has 0 N–H and O–H groups in total. The second-order valence-corrected chi connectivity index (χ2v) is 8.50. The van der Waals surface area contributed by atoms with Gasteiger partial charge in [-0.05, 0) is 31.8 Å². The number of nitrogens with zero attached hydrogens (tertiary/aromatic N) is 5. The van der Waals surface area contributed by atoms with E-state index in [1.807, 2.05) is 5.51 Å². The maximum Gasteiger partial charge on any atom is 0.263 e. The third kappa shape index (κ3) is 3.36. The molecule has 0 radical (unpaired) electrons. The Labute approximate surface area is 160 Å². The fraction of sp³-hybridized carbons (Fsp3) is 0.444. The van der Waals surface area contributed by atoms with Gasteiger partial charge < -0.3 is 4.90 Å². The van der Waals surface area contributed by atoms with Gasteiger partial charge >= 0.3 is 0 Å². The first-order valence-electron chi connectivity index (χ1n) is 8.68. The van der Waals surface area contributed by atoms with E-state index in [0.717, 1.165) is 59.0 Å². The lowest BCUT2D eigenvalue weighted by Crippen LogP contribution is -2.33. The molecule has 1 fully saturated rings. The van der Waals surface area contributed by atoms with Crippen LogP contribution in [-0.4, -0.2) is 57.8 Å². The van der Waals surface area contributed by atoms with Crippen molar-refractivity contribution in [3.8, 4) is 0 Å². The van der Waals surface area contributed by atoms with Crippen molar-refractivity contribution in [1.82, 2.24) is 24.8 Å². The Morgan fingerprint density at radius 1 is 1.23 bits per heavy atom. The van der Waals surface area contributed by atoms with Gasteiger partial charge in [0.15, 0.2) is 0 Å². The van der Waals surface area contributed by atoms with Crippen LogP contribution in [0.25, 0.3) is 10.3 Å². The molecule has 136 valence electrons. The van der Waals surface area contributed by atoms with Gasteiger partial charge in [-0.15, -0.1) is 22.7 Å². The van der Waals surface area contributed by atoms with Crippen LogP contribution in [0.2, 0.25) is 0 Å². The number of likely N-dealkylation sites (tertiary alicyclic amines) is 1. The molecule has 8 heteroatoms. The molecular formula is C18H21N5OS2.